The van der Waals surface area contributed by atoms with Gasteiger partial charge in [-0.25, -0.2) is 27.8 Å². The van der Waals surface area contributed by atoms with E-state index in [4.69, 9.17) is 0 Å². The van der Waals surface area contributed by atoms with E-state index in [0.29, 0.717) is 16.9 Å². The van der Waals surface area contributed by atoms with Crippen LogP contribution in [0.2, 0.25) is 0 Å². The van der Waals surface area contributed by atoms with Crippen LogP contribution in [0.1, 0.15) is 5.56 Å². The first-order valence-electron chi connectivity index (χ1n) is 9.07. The Morgan fingerprint density at radius 2 is 1.62 bits per heavy atom. The molecule has 0 radical (unpaired) electrons. The molecule has 0 saturated carbocycles. The van der Waals surface area contributed by atoms with Crippen molar-refractivity contribution in [3.63, 3.8) is 0 Å². The third-order valence-electron chi connectivity index (χ3n) is 4.64. The van der Waals surface area contributed by atoms with Crippen molar-refractivity contribution in [2.75, 3.05) is 11.6 Å². The molecule has 1 N–H and O–H groups in total. The van der Waals surface area contributed by atoms with Crippen molar-refractivity contribution in [3.8, 4) is 11.3 Å². The highest BCUT2D eigenvalue weighted by Crippen LogP contribution is 2.32. The zero-order chi connectivity index (χ0) is 23.1. The molecule has 4 aromatic rings. The fourth-order valence-electron chi connectivity index (χ4n) is 3.05. The van der Waals surface area contributed by atoms with Crippen molar-refractivity contribution in [3.05, 3.63) is 72.4 Å². The van der Waals surface area contributed by atoms with Crippen LogP contribution in [0, 0.1) is 5.82 Å². The first-order chi connectivity index (χ1) is 15.0. The molecule has 2 aromatic carbocycles. The number of nitrogens with one attached hydrogen (secondary N) is 1. The predicted molar refractivity (Wildman–Crippen MR) is 111 cm³/mol. The summed E-state index contributed by atoms with van der Waals surface area (Å²) < 4.78 is 76.3. The second-order valence-corrected chi connectivity index (χ2v) is 8.89. The SMILES string of the molecule is CS(=O)(=O)c1cc2c(Nc3cc(-c4ccc(C(F)(F)F)cc4)ncn3)ccc(F)c2cn1. The Bertz CT molecular complexity index is 1420. The highest BCUT2D eigenvalue weighted by Gasteiger charge is 2.30. The van der Waals surface area contributed by atoms with Crippen LogP contribution in [0.15, 0.2) is 66.1 Å². The van der Waals surface area contributed by atoms with Crippen LogP contribution >= 0.6 is 0 Å². The van der Waals surface area contributed by atoms with Crippen LogP contribution in [-0.4, -0.2) is 29.6 Å². The van der Waals surface area contributed by atoms with E-state index in [1.54, 1.807) is 0 Å². The zero-order valence-corrected chi connectivity index (χ0v) is 17.2. The van der Waals surface area contributed by atoms with E-state index >= 15 is 0 Å². The van der Waals surface area contributed by atoms with Crippen LogP contribution in [0.4, 0.5) is 29.1 Å². The lowest BCUT2D eigenvalue weighted by Gasteiger charge is -2.12. The molecule has 2 heterocycles. The Morgan fingerprint density at radius 1 is 0.906 bits per heavy atom. The molecule has 0 bridgehead atoms. The number of rotatable bonds is 4. The van der Waals surface area contributed by atoms with E-state index < -0.39 is 27.4 Å². The maximum atomic E-state index is 14.2. The average Bonchev–Trinajstić information content (AvgIpc) is 2.75. The summed E-state index contributed by atoms with van der Waals surface area (Å²) in [6.45, 7) is 0. The Hall–Kier alpha value is -3.60. The number of nitrogens with zero attached hydrogens (tertiary/aromatic N) is 3. The first kappa shape index (κ1) is 21.6. The Morgan fingerprint density at radius 3 is 2.28 bits per heavy atom. The van der Waals surface area contributed by atoms with Crippen LogP contribution in [0.25, 0.3) is 22.0 Å². The van der Waals surface area contributed by atoms with Gasteiger partial charge >= 0.3 is 6.18 Å². The maximum absolute atomic E-state index is 14.2. The van der Waals surface area contributed by atoms with Gasteiger partial charge in [0.15, 0.2) is 14.9 Å². The van der Waals surface area contributed by atoms with E-state index in [1.165, 1.54) is 42.7 Å². The van der Waals surface area contributed by atoms with Gasteiger partial charge < -0.3 is 5.32 Å². The summed E-state index contributed by atoms with van der Waals surface area (Å²) in [7, 11) is -3.62. The number of hydrogen-bond acceptors (Lipinski definition) is 6. The van der Waals surface area contributed by atoms with Crippen LogP contribution < -0.4 is 5.32 Å². The monoisotopic (exact) mass is 462 g/mol. The molecule has 0 saturated heterocycles. The molecule has 0 atom stereocenters. The number of pyridine rings is 1. The number of halogens is 4. The summed E-state index contributed by atoms with van der Waals surface area (Å²) in [5.74, 6) is -0.299. The van der Waals surface area contributed by atoms with E-state index in [2.05, 4.69) is 20.3 Å². The molecular formula is C21H14F4N4O2S. The fraction of sp³-hybridized carbons (Fsp3) is 0.0952. The second-order valence-electron chi connectivity index (χ2n) is 6.92. The van der Waals surface area contributed by atoms with Crippen molar-refractivity contribution >= 4 is 32.1 Å². The van der Waals surface area contributed by atoms with E-state index in [1.807, 2.05) is 0 Å². The normalized spacial score (nSPS) is 12.2. The van der Waals surface area contributed by atoms with Crippen molar-refractivity contribution in [1.29, 1.82) is 0 Å². The largest absolute Gasteiger partial charge is 0.416 e. The quantitative estimate of drug-likeness (QED) is 0.430. The summed E-state index contributed by atoms with van der Waals surface area (Å²) in [5, 5.41) is 3.15. The van der Waals surface area contributed by atoms with Gasteiger partial charge in [-0.3, -0.25) is 0 Å². The summed E-state index contributed by atoms with van der Waals surface area (Å²) in [4.78, 5) is 12.0. The molecule has 0 amide bonds. The summed E-state index contributed by atoms with van der Waals surface area (Å²) in [6.07, 6.45) is -1.08. The number of hydrogen-bond donors (Lipinski definition) is 1. The predicted octanol–water partition coefficient (Wildman–Crippen LogP) is 5.00. The molecule has 0 fully saturated rings. The van der Waals surface area contributed by atoms with Gasteiger partial charge in [0.2, 0.25) is 0 Å². The maximum Gasteiger partial charge on any atom is 0.416 e. The van der Waals surface area contributed by atoms with Gasteiger partial charge in [0.1, 0.15) is 18.0 Å². The third kappa shape index (κ3) is 4.37. The molecule has 0 spiro atoms. The fourth-order valence-corrected chi connectivity index (χ4v) is 3.62. The zero-order valence-electron chi connectivity index (χ0n) is 16.4. The number of anilines is 2. The first-order valence-corrected chi connectivity index (χ1v) is 11.0. The van der Waals surface area contributed by atoms with E-state index in [0.717, 1.165) is 24.6 Å². The third-order valence-corrected chi connectivity index (χ3v) is 5.62. The smallest absolute Gasteiger partial charge is 0.340 e. The molecule has 164 valence electrons. The van der Waals surface area contributed by atoms with Gasteiger partial charge in [0, 0.05) is 40.5 Å². The number of fused-ring (bicyclic) bond motifs is 1. The van der Waals surface area contributed by atoms with Gasteiger partial charge in [-0.15, -0.1) is 0 Å². The van der Waals surface area contributed by atoms with Crippen LogP contribution in [0.3, 0.4) is 0 Å². The summed E-state index contributed by atoms with van der Waals surface area (Å²) >= 11 is 0. The Kier molecular flexibility index (Phi) is 5.29. The molecule has 2 aromatic heterocycles. The van der Waals surface area contributed by atoms with E-state index in [-0.39, 0.29) is 21.6 Å². The molecule has 6 nitrogen and oxygen atoms in total. The minimum absolute atomic E-state index is 0.111. The summed E-state index contributed by atoms with van der Waals surface area (Å²) in [6, 6.07) is 9.90. The molecule has 0 aliphatic carbocycles. The number of sulfone groups is 1. The van der Waals surface area contributed by atoms with E-state index in [9.17, 15) is 26.0 Å². The molecule has 0 aliphatic heterocycles. The second kappa shape index (κ2) is 7.83. The molecule has 11 heteroatoms. The van der Waals surface area contributed by atoms with Gasteiger partial charge in [-0.1, -0.05) is 12.1 Å². The van der Waals surface area contributed by atoms with Gasteiger partial charge in [0.25, 0.3) is 0 Å². The lowest BCUT2D eigenvalue weighted by molar-refractivity contribution is -0.137. The number of alkyl halides is 3. The number of benzene rings is 2. The van der Waals surface area contributed by atoms with Gasteiger partial charge in [-0.05, 0) is 30.3 Å². The highest BCUT2D eigenvalue weighted by molar-refractivity contribution is 7.90. The molecule has 4 rings (SSSR count). The Balaban J connectivity index is 1.72. The van der Waals surface area contributed by atoms with Gasteiger partial charge in [0.05, 0.1) is 11.3 Å². The number of aromatic nitrogens is 3. The highest BCUT2D eigenvalue weighted by atomic mass is 32.2. The molecule has 0 aliphatic rings. The average molecular weight is 462 g/mol. The van der Waals surface area contributed by atoms with Crippen molar-refractivity contribution < 1.29 is 26.0 Å². The standard InChI is InChI=1S/C21H14F4N4O2S/c1-32(30,31)20-8-14-15(10-26-20)16(22)6-7-17(14)29-19-9-18(27-11-28-19)12-2-4-13(5-3-12)21(23,24)25/h2-11H,1H3,(H,27,28,29). The van der Waals surface area contributed by atoms with Crippen LogP contribution in [-0.2, 0) is 16.0 Å². The topological polar surface area (TPSA) is 84.8 Å². The minimum Gasteiger partial charge on any atom is -0.340 e. The lowest BCUT2D eigenvalue weighted by Crippen LogP contribution is -2.04. The Labute approximate surface area is 179 Å². The van der Waals surface area contributed by atoms with Crippen molar-refractivity contribution in [1.82, 2.24) is 15.0 Å². The molecule has 0 unspecified atom stereocenters. The van der Waals surface area contributed by atoms with Crippen molar-refractivity contribution in [2.24, 2.45) is 0 Å². The summed E-state index contributed by atoms with van der Waals surface area (Å²) in [5.41, 5.74) is 0.393. The lowest BCUT2D eigenvalue weighted by atomic mass is 10.1. The molecular weight excluding hydrogens is 448 g/mol. The van der Waals surface area contributed by atoms with Crippen molar-refractivity contribution in [2.45, 2.75) is 11.2 Å². The van der Waals surface area contributed by atoms with Crippen LogP contribution in [0.5, 0.6) is 0 Å². The molecule has 32 heavy (non-hydrogen) atoms. The minimum atomic E-state index is -4.44. The van der Waals surface area contributed by atoms with Gasteiger partial charge in [-0.2, -0.15) is 13.2 Å².